The number of rotatable bonds is 6. The Morgan fingerprint density at radius 2 is 2.04 bits per heavy atom. The Hall–Kier alpha value is -2.89. The third kappa shape index (κ3) is 5.29. The zero-order chi connectivity index (χ0) is 19.1. The molecule has 142 valence electrons. The SMILES string of the molecule is Cc1cccnc1NC(=O)[C@H]1CCCN(C(=O)CCOc2ccccc2)C1. The van der Waals surface area contributed by atoms with E-state index in [4.69, 9.17) is 4.74 Å². The lowest BCUT2D eigenvalue weighted by atomic mass is 9.96. The van der Waals surface area contributed by atoms with Crippen molar-refractivity contribution in [1.29, 1.82) is 0 Å². The van der Waals surface area contributed by atoms with Crippen LogP contribution in [-0.2, 0) is 9.59 Å². The van der Waals surface area contributed by atoms with Gasteiger partial charge < -0.3 is 15.0 Å². The van der Waals surface area contributed by atoms with Crippen LogP contribution in [0.15, 0.2) is 48.7 Å². The molecule has 2 aromatic rings. The van der Waals surface area contributed by atoms with Gasteiger partial charge in [0.2, 0.25) is 11.8 Å². The summed E-state index contributed by atoms with van der Waals surface area (Å²) in [5.41, 5.74) is 0.924. The van der Waals surface area contributed by atoms with Crippen LogP contribution in [0.2, 0.25) is 0 Å². The third-order valence-electron chi connectivity index (χ3n) is 4.72. The minimum atomic E-state index is -0.209. The number of carbonyl (C=O) groups excluding carboxylic acids is 2. The van der Waals surface area contributed by atoms with Crippen LogP contribution in [0.5, 0.6) is 5.75 Å². The monoisotopic (exact) mass is 367 g/mol. The van der Waals surface area contributed by atoms with Crippen LogP contribution in [-0.4, -0.2) is 41.4 Å². The summed E-state index contributed by atoms with van der Waals surface area (Å²) in [4.78, 5) is 31.0. The molecule has 2 amide bonds. The van der Waals surface area contributed by atoms with E-state index in [2.05, 4.69) is 10.3 Å². The third-order valence-corrected chi connectivity index (χ3v) is 4.72. The number of aromatic nitrogens is 1. The molecule has 6 heteroatoms. The van der Waals surface area contributed by atoms with E-state index in [9.17, 15) is 9.59 Å². The number of nitrogens with zero attached hydrogens (tertiary/aromatic N) is 2. The predicted molar refractivity (Wildman–Crippen MR) is 103 cm³/mol. The summed E-state index contributed by atoms with van der Waals surface area (Å²) in [6, 6.07) is 13.2. The number of amides is 2. The second-order valence-corrected chi connectivity index (χ2v) is 6.75. The van der Waals surface area contributed by atoms with Gasteiger partial charge in [-0.2, -0.15) is 0 Å². The van der Waals surface area contributed by atoms with Crippen molar-refractivity contribution in [2.45, 2.75) is 26.2 Å². The first-order chi connectivity index (χ1) is 13.1. The van der Waals surface area contributed by atoms with Gasteiger partial charge in [-0.1, -0.05) is 24.3 Å². The summed E-state index contributed by atoms with van der Waals surface area (Å²) in [5.74, 6) is 1.08. The maximum Gasteiger partial charge on any atom is 0.230 e. The normalized spacial score (nSPS) is 16.6. The molecule has 1 N–H and O–H groups in total. The lowest BCUT2D eigenvalue weighted by Crippen LogP contribution is -2.44. The first kappa shape index (κ1) is 18.9. The number of benzene rings is 1. The van der Waals surface area contributed by atoms with Gasteiger partial charge in [-0.05, 0) is 43.5 Å². The van der Waals surface area contributed by atoms with E-state index in [0.717, 1.165) is 24.2 Å². The highest BCUT2D eigenvalue weighted by atomic mass is 16.5. The molecule has 1 aromatic carbocycles. The van der Waals surface area contributed by atoms with E-state index in [1.165, 1.54) is 0 Å². The molecule has 0 radical (unpaired) electrons. The maximum atomic E-state index is 12.6. The Labute approximate surface area is 159 Å². The van der Waals surface area contributed by atoms with Crippen molar-refractivity contribution in [3.63, 3.8) is 0 Å². The Morgan fingerprint density at radius 3 is 2.81 bits per heavy atom. The van der Waals surface area contributed by atoms with Crippen LogP contribution >= 0.6 is 0 Å². The van der Waals surface area contributed by atoms with Crippen LogP contribution in [0.1, 0.15) is 24.8 Å². The lowest BCUT2D eigenvalue weighted by molar-refractivity contribution is -0.135. The molecule has 0 bridgehead atoms. The molecule has 27 heavy (non-hydrogen) atoms. The zero-order valence-electron chi connectivity index (χ0n) is 15.6. The molecular weight excluding hydrogens is 342 g/mol. The lowest BCUT2D eigenvalue weighted by Gasteiger charge is -2.32. The Bertz CT molecular complexity index is 779. The van der Waals surface area contributed by atoms with Gasteiger partial charge in [0.25, 0.3) is 0 Å². The number of carbonyl (C=O) groups is 2. The molecule has 1 atom stereocenters. The summed E-state index contributed by atoms with van der Waals surface area (Å²) in [7, 11) is 0. The second kappa shape index (κ2) is 9.16. The molecule has 0 aliphatic carbocycles. The van der Waals surface area contributed by atoms with Crippen molar-refractivity contribution in [2.24, 2.45) is 5.92 Å². The van der Waals surface area contributed by atoms with Crippen LogP contribution in [0.3, 0.4) is 0 Å². The van der Waals surface area contributed by atoms with Crippen LogP contribution in [0, 0.1) is 12.8 Å². The van der Waals surface area contributed by atoms with Gasteiger partial charge in [0, 0.05) is 19.3 Å². The Kier molecular flexibility index (Phi) is 6.41. The highest BCUT2D eigenvalue weighted by molar-refractivity contribution is 5.92. The summed E-state index contributed by atoms with van der Waals surface area (Å²) in [6.45, 7) is 3.38. The zero-order valence-corrected chi connectivity index (χ0v) is 15.6. The molecule has 1 saturated heterocycles. The van der Waals surface area contributed by atoms with Crippen LogP contribution < -0.4 is 10.1 Å². The smallest absolute Gasteiger partial charge is 0.230 e. The highest BCUT2D eigenvalue weighted by Gasteiger charge is 2.28. The van der Waals surface area contributed by atoms with Crippen molar-refractivity contribution in [3.05, 3.63) is 54.2 Å². The summed E-state index contributed by atoms with van der Waals surface area (Å²) >= 11 is 0. The predicted octanol–water partition coefficient (Wildman–Crippen LogP) is 3.04. The summed E-state index contributed by atoms with van der Waals surface area (Å²) in [5, 5.41) is 2.89. The molecule has 0 unspecified atom stereocenters. The van der Waals surface area contributed by atoms with Crippen molar-refractivity contribution in [2.75, 3.05) is 25.0 Å². The number of hydrogen-bond donors (Lipinski definition) is 1. The van der Waals surface area contributed by atoms with Gasteiger partial charge in [-0.15, -0.1) is 0 Å². The van der Waals surface area contributed by atoms with Gasteiger partial charge in [-0.3, -0.25) is 9.59 Å². The topological polar surface area (TPSA) is 71.5 Å². The summed E-state index contributed by atoms with van der Waals surface area (Å²) in [6.07, 6.45) is 3.57. The molecule has 1 aromatic heterocycles. The fraction of sp³-hybridized carbons (Fsp3) is 0.381. The number of nitrogens with one attached hydrogen (secondary N) is 1. The Balaban J connectivity index is 1.48. The molecule has 1 fully saturated rings. The van der Waals surface area contributed by atoms with Crippen molar-refractivity contribution >= 4 is 17.6 Å². The number of pyridine rings is 1. The minimum Gasteiger partial charge on any atom is -0.493 e. The van der Waals surface area contributed by atoms with Crippen molar-refractivity contribution in [3.8, 4) is 5.75 Å². The summed E-state index contributed by atoms with van der Waals surface area (Å²) < 4.78 is 5.60. The molecule has 0 saturated carbocycles. The molecular formula is C21H25N3O3. The molecule has 6 nitrogen and oxygen atoms in total. The number of para-hydroxylation sites is 1. The van der Waals surface area contributed by atoms with E-state index in [1.807, 2.05) is 49.4 Å². The van der Waals surface area contributed by atoms with Crippen molar-refractivity contribution < 1.29 is 14.3 Å². The van der Waals surface area contributed by atoms with E-state index in [0.29, 0.717) is 31.9 Å². The average Bonchev–Trinajstić information content (AvgIpc) is 2.70. The number of likely N-dealkylation sites (tertiary alicyclic amines) is 1. The fourth-order valence-corrected chi connectivity index (χ4v) is 3.18. The number of anilines is 1. The van der Waals surface area contributed by atoms with Gasteiger partial charge in [-0.25, -0.2) is 4.98 Å². The van der Waals surface area contributed by atoms with Gasteiger partial charge in [0.1, 0.15) is 11.6 Å². The average molecular weight is 367 g/mol. The fourth-order valence-electron chi connectivity index (χ4n) is 3.18. The number of hydrogen-bond acceptors (Lipinski definition) is 4. The van der Waals surface area contributed by atoms with E-state index in [1.54, 1.807) is 11.1 Å². The quantitative estimate of drug-likeness (QED) is 0.852. The van der Waals surface area contributed by atoms with Crippen LogP contribution in [0.4, 0.5) is 5.82 Å². The highest BCUT2D eigenvalue weighted by Crippen LogP contribution is 2.20. The molecule has 0 spiro atoms. The Morgan fingerprint density at radius 1 is 1.22 bits per heavy atom. The van der Waals surface area contributed by atoms with Gasteiger partial charge >= 0.3 is 0 Å². The number of ether oxygens (including phenoxy) is 1. The standard InChI is InChI=1S/C21H25N3O3/c1-16-7-5-12-22-20(16)23-21(26)17-8-6-13-24(15-17)19(25)11-14-27-18-9-3-2-4-10-18/h2-5,7,9-10,12,17H,6,8,11,13-15H2,1H3,(H,22,23,26)/t17-/m0/s1. The maximum absolute atomic E-state index is 12.6. The number of piperidine rings is 1. The second-order valence-electron chi connectivity index (χ2n) is 6.75. The minimum absolute atomic E-state index is 0.0254. The largest absolute Gasteiger partial charge is 0.493 e. The van der Waals surface area contributed by atoms with E-state index in [-0.39, 0.29) is 17.7 Å². The molecule has 2 heterocycles. The molecule has 1 aliphatic heterocycles. The van der Waals surface area contributed by atoms with Crippen LogP contribution in [0.25, 0.3) is 0 Å². The first-order valence-corrected chi connectivity index (χ1v) is 9.31. The van der Waals surface area contributed by atoms with E-state index < -0.39 is 0 Å². The van der Waals surface area contributed by atoms with Gasteiger partial charge in [0.15, 0.2) is 0 Å². The van der Waals surface area contributed by atoms with Crippen molar-refractivity contribution in [1.82, 2.24) is 9.88 Å². The number of aryl methyl sites for hydroxylation is 1. The first-order valence-electron chi connectivity index (χ1n) is 9.31. The molecule has 3 rings (SSSR count). The van der Waals surface area contributed by atoms with E-state index >= 15 is 0 Å². The molecule has 1 aliphatic rings. The van der Waals surface area contributed by atoms with Gasteiger partial charge in [0.05, 0.1) is 18.9 Å².